The van der Waals surface area contributed by atoms with Gasteiger partial charge in [0.25, 0.3) is 0 Å². The third-order valence-corrected chi connectivity index (χ3v) is 3.40. The van der Waals surface area contributed by atoms with E-state index in [4.69, 9.17) is 10.8 Å². The molecule has 0 amide bonds. The molecule has 3 aromatic carbocycles. The second kappa shape index (κ2) is 7.44. The quantitative estimate of drug-likeness (QED) is 0.417. The zero-order chi connectivity index (χ0) is 16.4. The summed E-state index contributed by atoms with van der Waals surface area (Å²) < 4.78 is 0. The number of anilines is 1. The molecule has 7 heteroatoms. The first kappa shape index (κ1) is 17.9. The maximum atomic E-state index is 11.4. The molecule has 3 rings (SSSR count). The van der Waals surface area contributed by atoms with Crippen LogP contribution in [0.4, 0.5) is 17.1 Å². The van der Waals surface area contributed by atoms with Gasteiger partial charge in [0, 0.05) is 16.5 Å². The van der Waals surface area contributed by atoms with Crippen molar-refractivity contribution in [3.63, 3.8) is 0 Å². The molecule has 0 saturated carbocycles. The SMILES string of the molecule is Nc1ccc(N=Nc2ccc([O-])c(C(=O)O)c2)c2ccccc12.[Na+]. The van der Waals surface area contributed by atoms with Gasteiger partial charge in [-0.05, 0) is 24.3 Å². The minimum absolute atomic E-state index is 0. The van der Waals surface area contributed by atoms with Gasteiger partial charge in [0.1, 0.15) is 0 Å². The van der Waals surface area contributed by atoms with E-state index in [1.165, 1.54) is 18.2 Å². The molecule has 0 aliphatic rings. The van der Waals surface area contributed by atoms with E-state index in [1.54, 1.807) is 12.1 Å². The van der Waals surface area contributed by atoms with Crippen molar-refractivity contribution in [2.24, 2.45) is 10.2 Å². The van der Waals surface area contributed by atoms with Crippen LogP contribution < -0.4 is 40.4 Å². The van der Waals surface area contributed by atoms with Gasteiger partial charge in [-0.25, -0.2) is 4.79 Å². The summed E-state index contributed by atoms with van der Waals surface area (Å²) in [5, 5.41) is 30.3. The summed E-state index contributed by atoms with van der Waals surface area (Å²) in [5.74, 6) is -1.85. The van der Waals surface area contributed by atoms with Gasteiger partial charge in [-0.3, -0.25) is 0 Å². The summed E-state index contributed by atoms with van der Waals surface area (Å²) in [7, 11) is 0. The van der Waals surface area contributed by atoms with Crippen molar-refractivity contribution in [1.82, 2.24) is 0 Å². The summed E-state index contributed by atoms with van der Waals surface area (Å²) in [6, 6.07) is 14.8. The number of carbonyl (C=O) groups is 1. The van der Waals surface area contributed by atoms with E-state index in [0.717, 1.165) is 10.8 Å². The standard InChI is InChI=1S/C17H13N3O3.Na/c18-14-6-7-15(12-4-2-1-3-11(12)14)20-19-10-5-8-16(21)13(9-10)17(22)23;/h1-9,21H,18H2,(H,22,23);/q;+1/p-1. The number of fused-ring (bicyclic) bond motifs is 1. The largest absolute Gasteiger partial charge is 1.00 e. The molecule has 6 nitrogen and oxygen atoms in total. The predicted molar refractivity (Wildman–Crippen MR) is 85.4 cm³/mol. The molecule has 3 N–H and O–H groups in total. The third-order valence-electron chi connectivity index (χ3n) is 3.40. The number of nitrogen functional groups attached to an aromatic ring is 1. The number of rotatable bonds is 3. The molecule has 3 aromatic rings. The van der Waals surface area contributed by atoms with Crippen LogP contribution in [0.2, 0.25) is 0 Å². The predicted octanol–water partition coefficient (Wildman–Crippen LogP) is 0.613. The number of nitrogens with two attached hydrogens (primary N) is 1. The van der Waals surface area contributed by atoms with Crippen molar-refractivity contribution in [1.29, 1.82) is 0 Å². The normalized spacial score (nSPS) is 10.7. The molecule has 0 saturated heterocycles. The van der Waals surface area contributed by atoms with Gasteiger partial charge in [0.15, 0.2) is 0 Å². The second-order valence-electron chi connectivity index (χ2n) is 4.91. The molecule has 0 heterocycles. The van der Waals surface area contributed by atoms with Crippen molar-refractivity contribution in [2.45, 2.75) is 0 Å². The molecule has 0 spiro atoms. The number of benzene rings is 3. The Bertz CT molecular complexity index is 942. The molecule has 114 valence electrons. The van der Waals surface area contributed by atoms with Crippen LogP contribution in [0.25, 0.3) is 10.8 Å². The average molecular weight is 329 g/mol. The number of azo groups is 1. The van der Waals surface area contributed by atoms with Gasteiger partial charge in [-0.2, -0.15) is 5.11 Å². The Balaban J connectivity index is 0.00000208. The number of carboxylic acid groups (broad SMARTS) is 1. The Morgan fingerprint density at radius 2 is 1.71 bits per heavy atom. The Kier molecular flexibility index (Phi) is 5.56. The smallest absolute Gasteiger partial charge is 0.872 e. The number of nitrogens with zero attached hydrogens (tertiary/aromatic N) is 2. The van der Waals surface area contributed by atoms with E-state index < -0.39 is 11.7 Å². The van der Waals surface area contributed by atoms with Crippen LogP contribution in [0.15, 0.2) is 64.8 Å². The van der Waals surface area contributed by atoms with E-state index in [0.29, 0.717) is 17.1 Å². The van der Waals surface area contributed by atoms with Crippen molar-refractivity contribution < 1.29 is 44.6 Å². The molecule has 0 aliphatic heterocycles. The molecule has 24 heavy (non-hydrogen) atoms. The molecule has 0 bridgehead atoms. The summed E-state index contributed by atoms with van der Waals surface area (Å²) in [6.45, 7) is 0. The number of aromatic carboxylic acids is 1. The fraction of sp³-hybridized carbons (Fsp3) is 0. The fourth-order valence-electron chi connectivity index (χ4n) is 2.25. The van der Waals surface area contributed by atoms with Gasteiger partial charge in [0.05, 0.1) is 16.9 Å². The minimum Gasteiger partial charge on any atom is -0.872 e. The Labute approximate surface area is 159 Å². The van der Waals surface area contributed by atoms with Crippen LogP contribution in [0.1, 0.15) is 10.4 Å². The zero-order valence-electron chi connectivity index (χ0n) is 12.9. The van der Waals surface area contributed by atoms with Crippen LogP contribution in [0, 0.1) is 0 Å². The molecule has 0 aliphatic carbocycles. The molecular formula is C17H12N3NaO3. The van der Waals surface area contributed by atoms with Gasteiger partial charge in [-0.15, -0.1) is 5.11 Å². The van der Waals surface area contributed by atoms with Gasteiger partial charge >= 0.3 is 35.5 Å². The van der Waals surface area contributed by atoms with Gasteiger partial charge in [0.2, 0.25) is 0 Å². The topological polar surface area (TPSA) is 111 Å². The first-order valence-electron chi connectivity index (χ1n) is 6.79. The van der Waals surface area contributed by atoms with Gasteiger partial charge in [-0.1, -0.05) is 36.1 Å². The zero-order valence-corrected chi connectivity index (χ0v) is 14.9. The number of hydrogen-bond donors (Lipinski definition) is 2. The summed E-state index contributed by atoms with van der Waals surface area (Å²) in [5.41, 5.74) is 7.15. The average Bonchev–Trinajstić information content (AvgIpc) is 2.55. The van der Waals surface area contributed by atoms with Crippen LogP contribution in [-0.2, 0) is 0 Å². The van der Waals surface area contributed by atoms with Crippen LogP contribution in [-0.4, -0.2) is 11.1 Å². The van der Waals surface area contributed by atoms with E-state index in [-0.39, 0.29) is 35.1 Å². The van der Waals surface area contributed by atoms with E-state index in [2.05, 4.69) is 10.2 Å². The maximum Gasteiger partial charge on any atom is 1.00 e. The molecular weight excluding hydrogens is 317 g/mol. The number of hydrogen-bond acceptors (Lipinski definition) is 5. The van der Waals surface area contributed by atoms with Crippen molar-refractivity contribution in [2.75, 3.05) is 5.73 Å². The Morgan fingerprint density at radius 1 is 1.00 bits per heavy atom. The van der Waals surface area contributed by atoms with E-state index in [9.17, 15) is 9.90 Å². The van der Waals surface area contributed by atoms with Crippen LogP contribution >= 0.6 is 0 Å². The van der Waals surface area contributed by atoms with Crippen molar-refractivity contribution in [3.05, 3.63) is 60.2 Å². The minimum atomic E-state index is -1.29. The molecule has 0 unspecified atom stereocenters. The third kappa shape index (κ3) is 3.56. The van der Waals surface area contributed by atoms with Crippen LogP contribution in [0.5, 0.6) is 5.75 Å². The summed E-state index contributed by atoms with van der Waals surface area (Å²) >= 11 is 0. The fourth-order valence-corrected chi connectivity index (χ4v) is 2.25. The molecule has 0 atom stereocenters. The van der Waals surface area contributed by atoms with E-state index >= 15 is 0 Å². The second-order valence-corrected chi connectivity index (χ2v) is 4.91. The van der Waals surface area contributed by atoms with Crippen molar-refractivity contribution >= 4 is 33.8 Å². The molecule has 0 fully saturated rings. The first-order valence-corrected chi connectivity index (χ1v) is 6.79. The summed E-state index contributed by atoms with van der Waals surface area (Å²) in [4.78, 5) is 11.0. The Morgan fingerprint density at radius 3 is 2.42 bits per heavy atom. The molecule has 0 radical (unpaired) electrons. The monoisotopic (exact) mass is 329 g/mol. The molecule has 0 aromatic heterocycles. The van der Waals surface area contributed by atoms with Crippen LogP contribution in [0.3, 0.4) is 0 Å². The van der Waals surface area contributed by atoms with Gasteiger partial charge < -0.3 is 15.9 Å². The van der Waals surface area contributed by atoms with Crippen molar-refractivity contribution in [3.8, 4) is 5.75 Å². The summed E-state index contributed by atoms with van der Waals surface area (Å²) in [6.07, 6.45) is 0. The maximum absolute atomic E-state index is 11.4. The van der Waals surface area contributed by atoms with E-state index in [1.807, 2.05) is 24.3 Å². The first-order chi connectivity index (χ1) is 11.1. The Hall–Kier alpha value is -2.41. The number of carboxylic acids is 1.